The number of esters is 1. The number of carbonyl (C=O) groups is 1. The summed E-state index contributed by atoms with van der Waals surface area (Å²) in [7, 11) is 0. The first-order valence-corrected chi connectivity index (χ1v) is 7.43. The SMILES string of the molecule is Cc1cccn2c(=O)cc(COC(=O)C[C@@H]3C=CCC3)nc12. The lowest BCUT2D eigenvalue weighted by atomic mass is 10.1. The van der Waals surface area contributed by atoms with E-state index in [1.165, 1.54) is 10.5 Å². The Balaban J connectivity index is 1.71. The predicted octanol–water partition coefficient (Wildman–Crippen LogP) is 2.40. The number of pyridine rings is 1. The standard InChI is InChI=1S/C17H18N2O3/c1-12-5-4-8-19-15(20)10-14(18-17(12)19)11-22-16(21)9-13-6-2-3-7-13/h2,4-6,8,10,13H,3,7,9,11H2,1H3/t13-/m1/s1. The Morgan fingerprint density at radius 2 is 2.36 bits per heavy atom. The molecule has 0 amide bonds. The monoisotopic (exact) mass is 298 g/mol. The van der Waals surface area contributed by atoms with Crippen molar-refractivity contribution >= 4 is 11.6 Å². The maximum Gasteiger partial charge on any atom is 0.306 e. The van der Waals surface area contributed by atoms with Crippen LogP contribution in [0.4, 0.5) is 0 Å². The molecule has 0 radical (unpaired) electrons. The fourth-order valence-corrected chi connectivity index (χ4v) is 2.68. The highest BCUT2D eigenvalue weighted by Gasteiger charge is 2.15. The number of ether oxygens (including phenoxy) is 1. The van der Waals surface area contributed by atoms with Crippen LogP contribution in [0.2, 0.25) is 0 Å². The Morgan fingerprint density at radius 1 is 1.50 bits per heavy atom. The molecule has 22 heavy (non-hydrogen) atoms. The third kappa shape index (κ3) is 3.08. The summed E-state index contributed by atoms with van der Waals surface area (Å²) >= 11 is 0. The van der Waals surface area contributed by atoms with E-state index in [1.54, 1.807) is 12.3 Å². The summed E-state index contributed by atoms with van der Waals surface area (Å²) < 4.78 is 6.74. The maximum atomic E-state index is 12.0. The van der Waals surface area contributed by atoms with Crippen molar-refractivity contribution in [3.8, 4) is 0 Å². The summed E-state index contributed by atoms with van der Waals surface area (Å²) in [6, 6.07) is 5.11. The Kier molecular flexibility index (Phi) is 4.04. The van der Waals surface area contributed by atoms with Gasteiger partial charge in [-0.2, -0.15) is 0 Å². The molecule has 114 valence electrons. The van der Waals surface area contributed by atoms with Gasteiger partial charge in [-0.05, 0) is 37.3 Å². The summed E-state index contributed by atoms with van der Waals surface area (Å²) in [5.74, 6) is 0.0354. The van der Waals surface area contributed by atoms with Crippen LogP contribution in [0.3, 0.4) is 0 Å². The fraction of sp³-hybridized carbons (Fsp3) is 0.353. The number of rotatable bonds is 4. The highest BCUT2D eigenvalue weighted by Crippen LogP contribution is 2.20. The molecular formula is C17H18N2O3. The number of aromatic nitrogens is 2. The molecular weight excluding hydrogens is 280 g/mol. The minimum atomic E-state index is -0.247. The van der Waals surface area contributed by atoms with Gasteiger partial charge >= 0.3 is 5.97 Å². The van der Waals surface area contributed by atoms with E-state index in [0.717, 1.165) is 18.4 Å². The second-order valence-corrected chi connectivity index (χ2v) is 5.60. The van der Waals surface area contributed by atoms with Gasteiger partial charge in [0.05, 0.1) is 12.1 Å². The summed E-state index contributed by atoms with van der Waals surface area (Å²) in [4.78, 5) is 28.3. The molecule has 2 aromatic rings. The van der Waals surface area contributed by atoms with E-state index < -0.39 is 0 Å². The molecule has 0 saturated carbocycles. The quantitative estimate of drug-likeness (QED) is 0.642. The number of fused-ring (bicyclic) bond motifs is 1. The Morgan fingerprint density at radius 3 is 3.14 bits per heavy atom. The third-order valence-electron chi connectivity index (χ3n) is 3.86. The van der Waals surface area contributed by atoms with Crippen LogP contribution < -0.4 is 5.56 Å². The van der Waals surface area contributed by atoms with Gasteiger partial charge in [0.1, 0.15) is 12.3 Å². The van der Waals surface area contributed by atoms with Gasteiger partial charge in [0.15, 0.2) is 0 Å². The number of nitrogens with zero attached hydrogens (tertiary/aromatic N) is 2. The zero-order valence-electron chi connectivity index (χ0n) is 12.5. The molecule has 0 N–H and O–H groups in total. The normalized spacial score (nSPS) is 17.0. The molecule has 1 atom stereocenters. The Labute approximate surface area is 128 Å². The molecule has 2 heterocycles. The average molecular weight is 298 g/mol. The number of aryl methyl sites for hydroxylation is 1. The lowest BCUT2D eigenvalue weighted by molar-refractivity contribution is -0.145. The van der Waals surface area contributed by atoms with E-state index in [-0.39, 0.29) is 24.1 Å². The van der Waals surface area contributed by atoms with Gasteiger partial charge in [0.25, 0.3) is 5.56 Å². The molecule has 0 spiro atoms. The Bertz CT molecular complexity index is 792. The minimum Gasteiger partial charge on any atom is -0.459 e. The van der Waals surface area contributed by atoms with E-state index in [1.807, 2.05) is 13.0 Å². The largest absolute Gasteiger partial charge is 0.459 e. The first-order chi connectivity index (χ1) is 10.6. The van der Waals surface area contributed by atoms with Crippen molar-refractivity contribution in [2.24, 2.45) is 5.92 Å². The second kappa shape index (κ2) is 6.13. The maximum absolute atomic E-state index is 12.0. The molecule has 0 aromatic carbocycles. The van der Waals surface area contributed by atoms with Crippen molar-refractivity contribution in [2.45, 2.75) is 32.8 Å². The highest BCUT2D eigenvalue weighted by molar-refractivity contribution is 5.70. The van der Waals surface area contributed by atoms with Crippen LogP contribution in [0.1, 0.15) is 30.5 Å². The van der Waals surface area contributed by atoms with Crippen LogP contribution in [0, 0.1) is 12.8 Å². The molecule has 2 aromatic heterocycles. The first kappa shape index (κ1) is 14.5. The minimum absolute atomic E-state index is 0.0370. The lowest BCUT2D eigenvalue weighted by Crippen LogP contribution is -2.17. The van der Waals surface area contributed by atoms with Crippen LogP contribution in [-0.4, -0.2) is 15.4 Å². The number of hydrogen-bond acceptors (Lipinski definition) is 4. The number of allylic oxidation sites excluding steroid dienone is 2. The smallest absolute Gasteiger partial charge is 0.306 e. The van der Waals surface area contributed by atoms with Crippen LogP contribution in [-0.2, 0) is 16.1 Å². The summed E-state index contributed by atoms with van der Waals surface area (Å²) in [6.07, 6.45) is 8.25. The Hall–Kier alpha value is -2.43. The van der Waals surface area contributed by atoms with Crippen LogP contribution in [0.15, 0.2) is 41.3 Å². The molecule has 5 heteroatoms. The van der Waals surface area contributed by atoms with Crippen molar-refractivity contribution in [3.63, 3.8) is 0 Å². The van der Waals surface area contributed by atoms with Gasteiger partial charge in [0, 0.05) is 12.3 Å². The molecule has 0 saturated heterocycles. The van der Waals surface area contributed by atoms with Gasteiger partial charge in [-0.15, -0.1) is 0 Å². The molecule has 0 fully saturated rings. The van der Waals surface area contributed by atoms with E-state index in [9.17, 15) is 9.59 Å². The average Bonchev–Trinajstić information content (AvgIpc) is 2.99. The van der Waals surface area contributed by atoms with E-state index >= 15 is 0 Å². The zero-order valence-corrected chi connectivity index (χ0v) is 12.5. The topological polar surface area (TPSA) is 60.7 Å². The van der Waals surface area contributed by atoms with Crippen molar-refractivity contribution in [1.82, 2.24) is 9.38 Å². The number of carbonyl (C=O) groups excluding carboxylic acids is 1. The lowest BCUT2D eigenvalue weighted by Gasteiger charge is -2.09. The predicted molar refractivity (Wildman–Crippen MR) is 82.5 cm³/mol. The van der Waals surface area contributed by atoms with Gasteiger partial charge in [-0.1, -0.05) is 18.2 Å². The molecule has 1 aliphatic rings. The van der Waals surface area contributed by atoms with Crippen molar-refractivity contribution < 1.29 is 9.53 Å². The van der Waals surface area contributed by atoms with Crippen molar-refractivity contribution in [2.75, 3.05) is 0 Å². The number of hydrogen-bond donors (Lipinski definition) is 0. The summed E-state index contributed by atoms with van der Waals surface area (Å²) in [5.41, 5.74) is 1.82. The van der Waals surface area contributed by atoms with Gasteiger partial charge in [-0.3, -0.25) is 14.0 Å². The molecule has 3 rings (SSSR count). The van der Waals surface area contributed by atoms with Gasteiger partial charge in [0.2, 0.25) is 0 Å². The summed E-state index contributed by atoms with van der Waals surface area (Å²) in [6.45, 7) is 1.93. The van der Waals surface area contributed by atoms with Crippen LogP contribution >= 0.6 is 0 Å². The third-order valence-corrected chi connectivity index (χ3v) is 3.86. The molecule has 0 unspecified atom stereocenters. The summed E-state index contributed by atoms with van der Waals surface area (Å²) in [5, 5.41) is 0. The zero-order chi connectivity index (χ0) is 15.5. The molecule has 0 bridgehead atoms. The van der Waals surface area contributed by atoms with Crippen LogP contribution in [0.25, 0.3) is 5.65 Å². The second-order valence-electron chi connectivity index (χ2n) is 5.60. The molecule has 1 aliphatic carbocycles. The molecule has 0 aliphatic heterocycles. The van der Waals surface area contributed by atoms with Crippen molar-refractivity contribution in [1.29, 1.82) is 0 Å². The van der Waals surface area contributed by atoms with Gasteiger partial charge < -0.3 is 4.74 Å². The fourth-order valence-electron chi connectivity index (χ4n) is 2.68. The van der Waals surface area contributed by atoms with E-state index in [2.05, 4.69) is 17.1 Å². The van der Waals surface area contributed by atoms with Crippen LogP contribution in [0.5, 0.6) is 0 Å². The van der Waals surface area contributed by atoms with Gasteiger partial charge in [-0.25, -0.2) is 4.98 Å². The first-order valence-electron chi connectivity index (χ1n) is 7.43. The van der Waals surface area contributed by atoms with Crippen molar-refractivity contribution in [3.05, 3.63) is 58.2 Å². The highest BCUT2D eigenvalue weighted by atomic mass is 16.5. The van der Waals surface area contributed by atoms with E-state index in [4.69, 9.17) is 4.74 Å². The molecule has 5 nitrogen and oxygen atoms in total. The van der Waals surface area contributed by atoms with E-state index in [0.29, 0.717) is 17.8 Å².